The van der Waals surface area contributed by atoms with Gasteiger partial charge in [0.2, 0.25) is 5.95 Å². The average molecular weight is 482 g/mol. The summed E-state index contributed by atoms with van der Waals surface area (Å²) in [6.07, 6.45) is -2.76. The van der Waals surface area contributed by atoms with Gasteiger partial charge in [0.25, 0.3) is 5.91 Å². The summed E-state index contributed by atoms with van der Waals surface area (Å²) in [7, 11) is 0. The molecule has 0 spiro atoms. The van der Waals surface area contributed by atoms with E-state index in [1.807, 2.05) is 0 Å². The van der Waals surface area contributed by atoms with Gasteiger partial charge in [0.1, 0.15) is 5.69 Å². The number of fused-ring (bicyclic) bond motifs is 1. The lowest BCUT2D eigenvalue weighted by Gasteiger charge is -2.07. The van der Waals surface area contributed by atoms with E-state index in [-0.39, 0.29) is 11.9 Å². The number of halogens is 5. The number of H-pyrrole nitrogens is 1. The van der Waals surface area contributed by atoms with Crippen LogP contribution in [-0.4, -0.2) is 33.1 Å². The summed E-state index contributed by atoms with van der Waals surface area (Å²) >= 11 is 6.66. The lowest BCUT2D eigenvalue weighted by Crippen LogP contribution is -2.23. The lowest BCUT2D eigenvalue weighted by atomic mass is 10.1. The standard InChI is InChI=1S/C13H9Br2F3N6O/c14-8-7-6(1-2-19-11(25)9(7)22-10(8)15)23-24-12-20-3-5(4-21-12)13(16,17)18/h3-4,22H,1-2H2,(H,19,25)(H,20,21,24). The zero-order valence-corrected chi connectivity index (χ0v) is 15.4. The summed E-state index contributed by atoms with van der Waals surface area (Å²) in [5.41, 5.74) is 2.97. The molecule has 132 valence electrons. The quantitative estimate of drug-likeness (QED) is 0.573. The van der Waals surface area contributed by atoms with Crippen LogP contribution in [0, 0.1) is 0 Å². The molecule has 12 heteroatoms. The number of nitrogens with zero attached hydrogens (tertiary/aromatic N) is 3. The van der Waals surface area contributed by atoms with Crippen molar-refractivity contribution in [3.05, 3.63) is 38.3 Å². The molecule has 0 aromatic carbocycles. The zero-order chi connectivity index (χ0) is 18.2. The molecule has 3 rings (SSSR count). The Morgan fingerprint density at radius 3 is 2.56 bits per heavy atom. The smallest absolute Gasteiger partial charge is 0.350 e. The Kier molecular flexibility index (Phi) is 4.82. The normalized spacial score (nSPS) is 16.4. The second-order valence-corrected chi connectivity index (χ2v) is 6.56. The van der Waals surface area contributed by atoms with Crippen LogP contribution in [0.1, 0.15) is 28.0 Å². The molecule has 0 unspecified atom stereocenters. The highest BCUT2D eigenvalue weighted by Crippen LogP contribution is 2.32. The van der Waals surface area contributed by atoms with Gasteiger partial charge in [-0.1, -0.05) is 0 Å². The van der Waals surface area contributed by atoms with Crippen LogP contribution in [0.4, 0.5) is 19.1 Å². The van der Waals surface area contributed by atoms with Crippen LogP contribution >= 0.6 is 31.9 Å². The summed E-state index contributed by atoms with van der Waals surface area (Å²) in [4.78, 5) is 22.1. The summed E-state index contributed by atoms with van der Waals surface area (Å²) < 4.78 is 38.7. The molecular weight excluding hydrogens is 473 g/mol. The number of nitrogens with one attached hydrogen (secondary N) is 3. The molecule has 0 radical (unpaired) electrons. The third-order valence-corrected chi connectivity index (χ3v) is 5.25. The zero-order valence-electron chi connectivity index (χ0n) is 12.2. The average Bonchev–Trinajstić information content (AvgIpc) is 2.76. The number of amides is 1. The number of aromatic nitrogens is 3. The summed E-state index contributed by atoms with van der Waals surface area (Å²) in [6, 6.07) is 0. The highest BCUT2D eigenvalue weighted by atomic mass is 79.9. The molecule has 1 amide bonds. The monoisotopic (exact) mass is 480 g/mol. The Bertz CT molecular complexity index is 847. The number of carbonyl (C=O) groups excluding carboxylic acids is 1. The van der Waals surface area contributed by atoms with Crippen LogP contribution < -0.4 is 10.7 Å². The third-order valence-electron chi connectivity index (χ3n) is 3.33. The maximum absolute atomic E-state index is 12.5. The minimum atomic E-state index is -4.51. The van der Waals surface area contributed by atoms with E-state index in [4.69, 9.17) is 0 Å². The molecule has 7 nitrogen and oxygen atoms in total. The fraction of sp³-hybridized carbons (Fsp3) is 0.231. The SMILES string of the molecule is O=C1NCCC(=NNc2ncc(C(F)(F)F)cn2)c2c1[nH]c(Br)c2Br. The summed E-state index contributed by atoms with van der Waals surface area (Å²) in [5, 5.41) is 6.87. The van der Waals surface area contributed by atoms with Gasteiger partial charge in [0, 0.05) is 30.9 Å². The number of hydrazone groups is 1. The van der Waals surface area contributed by atoms with E-state index in [0.717, 1.165) is 0 Å². The van der Waals surface area contributed by atoms with Crippen molar-refractivity contribution in [3.8, 4) is 0 Å². The first-order valence-corrected chi connectivity index (χ1v) is 8.43. The molecule has 25 heavy (non-hydrogen) atoms. The molecule has 3 N–H and O–H groups in total. The molecule has 1 aliphatic heterocycles. The summed E-state index contributed by atoms with van der Waals surface area (Å²) in [6.45, 7) is 0.361. The highest BCUT2D eigenvalue weighted by molar-refractivity contribution is 9.13. The molecule has 0 saturated carbocycles. The number of hydrogen-bond donors (Lipinski definition) is 3. The van der Waals surface area contributed by atoms with E-state index in [9.17, 15) is 18.0 Å². The number of aromatic amines is 1. The van der Waals surface area contributed by atoms with Crippen LogP contribution in [0.5, 0.6) is 0 Å². The van der Waals surface area contributed by atoms with Crippen molar-refractivity contribution in [1.29, 1.82) is 0 Å². The lowest BCUT2D eigenvalue weighted by molar-refractivity contribution is -0.138. The molecule has 0 atom stereocenters. The number of alkyl halides is 3. The van der Waals surface area contributed by atoms with Crippen LogP contribution in [-0.2, 0) is 6.18 Å². The van der Waals surface area contributed by atoms with Crippen LogP contribution in [0.15, 0.2) is 26.6 Å². The number of carbonyl (C=O) groups is 1. The number of anilines is 1. The molecule has 0 saturated heterocycles. The molecule has 0 bridgehead atoms. The van der Waals surface area contributed by atoms with Crippen molar-refractivity contribution in [3.63, 3.8) is 0 Å². The van der Waals surface area contributed by atoms with E-state index >= 15 is 0 Å². The first kappa shape index (κ1) is 17.9. The van der Waals surface area contributed by atoms with Crippen molar-refractivity contribution in [1.82, 2.24) is 20.3 Å². The van der Waals surface area contributed by atoms with Crippen molar-refractivity contribution >= 4 is 49.4 Å². The van der Waals surface area contributed by atoms with Crippen molar-refractivity contribution in [2.24, 2.45) is 5.10 Å². The van der Waals surface area contributed by atoms with E-state index in [1.165, 1.54) is 0 Å². The van der Waals surface area contributed by atoms with Gasteiger partial charge in [-0.2, -0.15) is 18.3 Å². The van der Waals surface area contributed by atoms with Crippen LogP contribution in [0.3, 0.4) is 0 Å². The fourth-order valence-corrected chi connectivity index (χ4v) is 3.08. The largest absolute Gasteiger partial charge is 0.419 e. The fourth-order valence-electron chi connectivity index (χ4n) is 2.16. The maximum atomic E-state index is 12.5. The Labute approximate surface area is 155 Å². The van der Waals surface area contributed by atoms with Crippen molar-refractivity contribution in [2.75, 3.05) is 12.0 Å². The maximum Gasteiger partial charge on any atom is 0.419 e. The van der Waals surface area contributed by atoms with Crippen LogP contribution in [0.2, 0.25) is 0 Å². The van der Waals surface area contributed by atoms with Crippen LogP contribution in [0.25, 0.3) is 0 Å². The molecule has 0 aliphatic carbocycles. The Hall–Kier alpha value is -1.95. The van der Waals surface area contributed by atoms with Gasteiger partial charge < -0.3 is 10.3 Å². The van der Waals surface area contributed by atoms with Gasteiger partial charge >= 0.3 is 6.18 Å². The van der Waals surface area contributed by atoms with Gasteiger partial charge in [-0.05, 0) is 31.9 Å². The predicted molar refractivity (Wildman–Crippen MR) is 90.3 cm³/mol. The number of hydrogen-bond acceptors (Lipinski definition) is 5. The Balaban J connectivity index is 1.89. The third kappa shape index (κ3) is 3.68. The second-order valence-electron chi connectivity index (χ2n) is 4.97. The van der Waals surface area contributed by atoms with E-state index in [2.05, 4.69) is 62.7 Å². The van der Waals surface area contributed by atoms with Crippen molar-refractivity contribution in [2.45, 2.75) is 12.6 Å². The van der Waals surface area contributed by atoms with E-state index in [0.29, 0.717) is 51.4 Å². The molecule has 3 heterocycles. The minimum Gasteiger partial charge on any atom is -0.350 e. The molecule has 2 aromatic rings. The topological polar surface area (TPSA) is 95.1 Å². The van der Waals surface area contributed by atoms with Gasteiger partial charge in [0.15, 0.2) is 0 Å². The first-order chi connectivity index (χ1) is 11.8. The van der Waals surface area contributed by atoms with E-state index < -0.39 is 11.7 Å². The minimum absolute atomic E-state index is 0.0868. The molecule has 2 aromatic heterocycles. The van der Waals surface area contributed by atoms with E-state index in [1.54, 1.807) is 0 Å². The molecule has 0 fully saturated rings. The second kappa shape index (κ2) is 6.75. The number of rotatable bonds is 2. The molecule has 1 aliphatic rings. The summed E-state index contributed by atoms with van der Waals surface area (Å²) in [5.74, 6) is -0.367. The first-order valence-electron chi connectivity index (χ1n) is 6.84. The van der Waals surface area contributed by atoms with Crippen molar-refractivity contribution < 1.29 is 18.0 Å². The molecular formula is C13H9Br2F3N6O. The van der Waals surface area contributed by atoms with Gasteiger partial charge in [-0.3, -0.25) is 4.79 Å². The Morgan fingerprint density at radius 2 is 1.92 bits per heavy atom. The van der Waals surface area contributed by atoms with Gasteiger partial charge in [-0.15, -0.1) is 0 Å². The Morgan fingerprint density at radius 1 is 1.24 bits per heavy atom. The van der Waals surface area contributed by atoms with Gasteiger partial charge in [-0.25, -0.2) is 15.4 Å². The predicted octanol–water partition coefficient (Wildman–Crippen LogP) is 3.30. The highest BCUT2D eigenvalue weighted by Gasteiger charge is 2.31. The van der Waals surface area contributed by atoms with Gasteiger partial charge in [0.05, 0.1) is 20.4 Å².